The molecule has 4 nitrogen and oxygen atoms in total. The highest BCUT2D eigenvalue weighted by molar-refractivity contribution is 5.90. The van der Waals surface area contributed by atoms with Crippen molar-refractivity contribution in [2.45, 2.75) is 109 Å². The van der Waals surface area contributed by atoms with Gasteiger partial charge in [-0.2, -0.15) is 0 Å². The Kier molecular flexibility index (Phi) is 9.00. The van der Waals surface area contributed by atoms with Gasteiger partial charge in [-0.25, -0.2) is 0 Å². The quantitative estimate of drug-likeness (QED) is 0.521. The lowest BCUT2D eigenvalue weighted by atomic mass is 9.57. The molecule has 1 aromatic rings. The number of benzene rings is 1. The van der Waals surface area contributed by atoms with Crippen LogP contribution >= 0.6 is 0 Å². The van der Waals surface area contributed by atoms with Crippen molar-refractivity contribution < 1.29 is 9.59 Å². The fourth-order valence-electron chi connectivity index (χ4n) is 6.58. The zero-order valence-electron chi connectivity index (χ0n) is 20.6. The fraction of sp³-hybridized carbons (Fsp3) is 0.724. The monoisotopic (exact) mass is 452 g/mol. The number of nitrogens with one attached hydrogen (secondary N) is 2. The maximum atomic E-state index is 13.1. The van der Waals surface area contributed by atoms with Crippen molar-refractivity contribution in [3.63, 3.8) is 0 Å². The molecule has 3 fully saturated rings. The van der Waals surface area contributed by atoms with E-state index in [-0.39, 0.29) is 11.9 Å². The van der Waals surface area contributed by atoms with Gasteiger partial charge in [-0.15, -0.1) is 0 Å². The van der Waals surface area contributed by atoms with Crippen LogP contribution < -0.4 is 10.6 Å². The van der Waals surface area contributed by atoms with Crippen LogP contribution in [0.3, 0.4) is 0 Å². The van der Waals surface area contributed by atoms with Gasteiger partial charge in [-0.05, 0) is 61.5 Å². The number of ketones is 1. The second kappa shape index (κ2) is 12.1. The van der Waals surface area contributed by atoms with E-state index in [2.05, 4.69) is 41.8 Å². The molecule has 0 spiro atoms. The van der Waals surface area contributed by atoms with Crippen LogP contribution in [0.4, 0.5) is 0 Å². The van der Waals surface area contributed by atoms with E-state index in [0.717, 1.165) is 37.2 Å². The van der Waals surface area contributed by atoms with E-state index in [1.165, 1.54) is 63.4 Å². The van der Waals surface area contributed by atoms with Crippen LogP contribution in [-0.4, -0.2) is 30.3 Å². The number of hydrogen-bond donors (Lipinski definition) is 2. The van der Waals surface area contributed by atoms with Gasteiger partial charge in [0.1, 0.15) is 0 Å². The molecule has 1 amide bonds. The number of Topliss-reactive ketones (excluding diaryl/α,β-unsaturated/α-hetero) is 1. The molecule has 0 radical (unpaired) electrons. The highest BCUT2D eigenvalue weighted by Gasteiger charge is 2.58. The molecule has 182 valence electrons. The average Bonchev–Trinajstić information content (AvgIpc) is 3.06. The van der Waals surface area contributed by atoms with Gasteiger partial charge in [0, 0.05) is 18.5 Å². The molecule has 4 rings (SSSR count). The topological polar surface area (TPSA) is 58.2 Å². The summed E-state index contributed by atoms with van der Waals surface area (Å²) in [6.45, 7) is 2.84. The summed E-state index contributed by atoms with van der Waals surface area (Å²) >= 11 is 0. The molecule has 1 saturated heterocycles. The highest BCUT2D eigenvalue weighted by Crippen LogP contribution is 2.51. The summed E-state index contributed by atoms with van der Waals surface area (Å²) in [5.74, 6) is 2.25. The molecule has 2 N–H and O–H groups in total. The van der Waals surface area contributed by atoms with Crippen LogP contribution in [0, 0.1) is 17.8 Å². The first-order valence-electron chi connectivity index (χ1n) is 13.8. The van der Waals surface area contributed by atoms with Crippen molar-refractivity contribution in [1.82, 2.24) is 10.6 Å². The molecule has 0 aromatic heterocycles. The Morgan fingerprint density at radius 3 is 2.24 bits per heavy atom. The molecule has 1 aliphatic heterocycles. The van der Waals surface area contributed by atoms with Crippen LogP contribution in [0.5, 0.6) is 0 Å². The van der Waals surface area contributed by atoms with E-state index in [1.807, 2.05) is 0 Å². The zero-order chi connectivity index (χ0) is 23.0. The van der Waals surface area contributed by atoms with E-state index < -0.39 is 0 Å². The van der Waals surface area contributed by atoms with Gasteiger partial charge in [-0.1, -0.05) is 76.1 Å². The predicted molar refractivity (Wildman–Crippen MR) is 134 cm³/mol. The maximum absolute atomic E-state index is 13.1. The number of aryl methyl sites for hydroxylation is 1. The molecule has 33 heavy (non-hydrogen) atoms. The Bertz CT molecular complexity index is 774. The minimum atomic E-state index is 0.0492. The summed E-state index contributed by atoms with van der Waals surface area (Å²) in [4.78, 5) is 25.4. The number of carbonyl (C=O) groups excluding carboxylic acids is 2. The van der Waals surface area contributed by atoms with Crippen molar-refractivity contribution in [1.29, 1.82) is 0 Å². The fourth-order valence-corrected chi connectivity index (χ4v) is 6.58. The smallest absolute Gasteiger partial charge is 0.224 e. The van der Waals surface area contributed by atoms with E-state index in [9.17, 15) is 9.59 Å². The van der Waals surface area contributed by atoms with Gasteiger partial charge in [0.25, 0.3) is 0 Å². The van der Waals surface area contributed by atoms with Crippen molar-refractivity contribution in [3.05, 3.63) is 35.4 Å². The molecule has 5 atom stereocenters. The van der Waals surface area contributed by atoms with Gasteiger partial charge in [0.15, 0.2) is 5.78 Å². The lowest BCUT2D eigenvalue weighted by molar-refractivity contribution is -0.129. The van der Waals surface area contributed by atoms with Crippen LogP contribution in [0.25, 0.3) is 0 Å². The number of hydrogen-bond acceptors (Lipinski definition) is 3. The minimum Gasteiger partial charge on any atom is -0.356 e. The van der Waals surface area contributed by atoms with Crippen molar-refractivity contribution in [3.8, 4) is 0 Å². The lowest BCUT2D eigenvalue weighted by Gasteiger charge is -2.48. The average molecular weight is 453 g/mol. The van der Waals surface area contributed by atoms with Gasteiger partial charge >= 0.3 is 0 Å². The Labute approximate surface area is 200 Å². The lowest BCUT2D eigenvalue weighted by Crippen LogP contribution is -2.54. The molecule has 2 saturated carbocycles. The SMILES string of the molecule is CCc1ccc(CC(=O)NCCCCC2NC3C4CCCCCCCCCC4C3C2=O)cc1. The summed E-state index contributed by atoms with van der Waals surface area (Å²) < 4.78 is 0. The third kappa shape index (κ3) is 6.26. The molecular weight excluding hydrogens is 408 g/mol. The third-order valence-corrected chi connectivity index (χ3v) is 8.54. The first kappa shape index (κ1) is 24.4. The Morgan fingerprint density at radius 2 is 1.55 bits per heavy atom. The molecule has 3 aliphatic rings. The molecule has 4 heteroatoms. The molecular formula is C29H44N2O2. The standard InChI is InChI=1S/C29H44N2O2/c1-2-21-15-17-22(18-16-21)20-26(32)30-19-11-10-14-25-29(33)27-23-12-8-6-4-3-5-7-9-13-24(23)28(27)31-25/h15-18,23-25,27-28,31H,2-14,19-20H2,1H3,(H,30,32). The van der Waals surface area contributed by atoms with Crippen molar-refractivity contribution in [2.75, 3.05) is 6.54 Å². The summed E-state index contributed by atoms with van der Waals surface area (Å²) in [6.07, 6.45) is 16.4. The first-order chi connectivity index (χ1) is 16.2. The van der Waals surface area contributed by atoms with Gasteiger partial charge < -0.3 is 10.6 Å². The highest BCUT2D eigenvalue weighted by atomic mass is 16.1. The number of amides is 1. The second-order valence-electron chi connectivity index (χ2n) is 10.7. The van der Waals surface area contributed by atoms with E-state index in [0.29, 0.717) is 36.6 Å². The number of unbranched alkanes of at least 4 members (excludes halogenated alkanes) is 1. The zero-order valence-corrected chi connectivity index (χ0v) is 20.6. The Morgan fingerprint density at radius 1 is 0.909 bits per heavy atom. The van der Waals surface area contributed by atoms with Gasteiger partial charge in [0.2, 0.25) is 5.91 Å². The van der Waals surface area contributed by atoms with Crippen molar-refractivity contribution >= 4 is 11.7 Å². The number of fused-ring (bicyclic) bond motifs is 4. The Balaban J connectivity index is 1.15. The molecule has 5 unspecified atom stereocenters. The van der Waals surface area contributed by atoms with Crippen LogP contribution in [-0.2, 0) is 22.4 Å². The summed E-state index contributed by atoms with van der Waals surface area (Å²) in [5.41, 5.74) is 2.37. The summed E-state index contributed by atoms with van der Waals surface area (Å²) in [5, 5.41) is 6.80. The largest absolute Gasteiger partial charge is 0.356 e. The van der Waals surface area contributed by atoms with Gasteiger partial charge in [0.05, 0.1) is 12.5 Å². The minimum absolute atomic E-state index is 0.0492. The summed E-state index contributed by atoms with van der Waals surface area (Å²) in [7, 11) is 0. The number of carbonyl (C=O) groups is 2. The normalized spacial score (nSPS) is 30.0. The molecule has 2 aliphatic carbocycles. The molecule has 1 aromatic carbocycles. The van der Waals surface area contributed by atoms with Crippen LogP contribution in [0.1, 0.15) is 95.1 Å². The Hall–Kier alpha value is -1.68. The van der Waals surface area contributed by atoms with Gasteiger partial charge in [-0.3, -0.25) is 9.59 Å². The van der Waals surface area contributed by atoms with Crippen LogP contribution in [0.15, 0.2) is 24.3 Å². The molecule has 1 heterocycles. The summed E-state index contributed by atoms with van der Waals surface area (Å²) in [6, 6.07) is 8.81. The third-order valence-electron chi connectivity index (χ3n) is 8.54. The van der Waals surface area contributed by atoms with Crippen molar-refractivity contribution in [2.24, 2.45) is 17.8 Å². The van der Waals surface area contributed by atoms with E-state index in [4.69, 9.17) is 0 Å². The predicted octanol–water partition coefficient (Wildman–Crippen LogP) is 5.37. The first-order valence-corrected chi connectivity index (χ1v) is 13.8. The second-order valence-corrected chi connectivity index (χ2v) is 10.7. The maximum Gasteiger partial charge on any atom is 0.224 e. The van der Waals surface area contributed by atoms with E-state index >= 15 is 0 Å². The van der Waals surface area contributed by atoms with E-state index in [1.54, 1.807) is 0 Å². The van der Waals surface area contributed by atoms with Crippen LogP contribution in [0.2, 0.25) is 0 Å². The molecule has 0 bridgehead atoms. The number of rotatable bonds is 8.